The Balaban J connectivity index is 1.90. The van der Waals surface area contributed by atoms with Gasteiger partial charge in [-0.2, -0.15) is 0 Å². The fraction of sp³-hybridized carbons (Fsp3) is 0.600. The Hall–Kier alpha value is -2.08. The Morgan fingerprint density at radius 1 is 1.38 bits per heavy atom. The minimum atomic E-state index is -0.943. The van der Waals surface area contributed by atoms with Crippen LogP contribution < -0.4 is 0 Å². The van der Waals surface area contributed by atoms with Crippen molar-refractivity contribution in [2.75, 3.05) is 13.1 Å². The lowest BCUT2D eigenvalue weighted by Gasteiger charge is -2.43. The van der Waals surface area contributed by atoms with Gasteiger partial charge in [-0.3, -0.25) is 0 Å². The molecule has 3 rings (SSSR count). The van der Waals surface area contributed by atoms with E-state index < -0.39 is 11.2 Å². The number of piperidine rings is 1. The summed E-state index contributed by atoms with van der Waals surface area (Å²) < 4.78 is 10.6. The lowest BCUT2D eigenvalue weighted by atomic mass is 9.76. The second kappa shape index (κ2) is 6.27. The minimum Gasteiger partial charge on any atom is -0.457 e. The van der Waals surface area contributed by atoms with Crippen molar-refractivity contribution in [2.24, 2.45) is 0 Å². The Morgan fingerprint density at radius 3 is 2.73 bits per heavy atom. The summed E-state index contributed by atoms with van der Waals surface area (Å²) in [5.74, 6) is -0.565. The number of aliphatic hydroxyl groups is 1. The highest BCUT2D eigenvalue weighted by molar-refractivity contribution is 5.94. The van der Waals surface area contributed by atoms with Gasteiger partial charge in [0.1, 0.15) is 12.2 Å². The number of amides is 1. The molecule has 2 aliphatic heterocycles. The number of hydrogen-bond acceptors (Lipinski definition) is 5. The first-order valence-corrected chi connectivity index (χ1v) is 8.99. The Kier molecular flexibility index (Phi) is 4.51. The maximum absolute atomic E-state index is 12.5. The summed E-state index contributed by atoms with van der Waals surface area (Å²) in [6.45, 7) is 10.3. The highest BCUT2D eigenvalue weighted by Gasteiger charge is 2.42. The topological polar surface area (TPSA) is 76.1 Å². The predicted octanol–water partition coefficient (Wildman–Crippen LogP) is 3.14. The second-order valence-electron chi connectivity index (χ2n) is 8.47. The van der Waals surface area contributed by atoms with Crippen LogP contribution in [0.1, 0.15) is 67.1 Å². The van der Waals surface area contributed by atoms with Crippen LogP contribution in [0.25, 0.3) is 0 Å². The summed E-state index contributed by atoms with van der Waals surface area (Å²) in [5.41, 5.74) is 1.85. The monoisotopic (exact) mass is 361 g/mol. The molecule has 2 aliphatic rings. The first-order chi connectivity index (χ1) is 12.0. The third-order valence-corrected chi connectivity index (χ3v) is 5.28. The lowest BCUT2D eigenvalue weighted by molar-refractivity contribution is -0.0368. The molecule has 0 radical (unpaired) electrons. The zero-order valence-corrected chi connectivity index (χ0v) is 16.1. The number of esters is 1. The van der Waals surface area contributed by atoms with Crippen molar-refractivity contribution >= 4 is 12.1 Å². The van der Waals surface area contributed by atoms with Gasteiger partial charge in [0.05, 0.1) is 11.2 Å². The third kappa shape index (κ3) is 3.43. The molecular weight excluding hydrogens is 334 g/mol. The quantitative estimate of drug-likeness (QED) is 0.778. The molecule has 0 aliphatic carbocycles. The molecular formula is C20H27NO5. The van der Waals surface area contributed by atoms with E-state index in [4.69, 9.17) is 9.47 Å². The Labute approximate surface area is 154 Å². The molecule has 6 heteroatoms. The molecule has 2 heterocycles. The molecule has 1 amide bonds. The fourth-order valence-electron chi connectivity index (χ4n) is 3.71. The van der Waals surface area contributed by atoms with Gasteiger partial charge in [-0.05, 0) is 58.2 Å². The van der Waals surface area contributed by atoms with E-state index in [1.54, 1.807) is 17.9 Å². The fourth-order valence-corrected chi connectivity index (χ4v) is 3.71. The number of carbonyl (C=O) groups excluding carboxylic acids is 2. The van der Waals surface area contributed by atoms with E-state index in [1.807, 2.05) is 33.8 Å². The average Bonchev–Trinajstić information content (AvgIpc) is 2.88. The summed E-state index contributed by atoms with van der Waals surface area (Å²) in [7, 11) is 0. The van der Waals surface area contributed by atoms with E-state index in [0.29, 0.717) is 25.1 Å². The van der Waals surface area contributed by atoms with Crippen molar-refractivity contribution in [2.45, 2.75) is 64.8 Å². The second-order valence-corrected chi connectivity index (χ2v) is 8.47. The number of benzene rings is 1. The van der Waals surface area contributed by atoms with Crippen LogP contribution in [0.5, 0.6) is 0 Å². The zero-order valence-electron chi connectivity index (χ0n) is 16.1. The standard InChI is InChI=1S/C20H27NO5/c1-12-13(6-7-14-15(12)11-25-17(14)22)16-10-21(9-8-20(16,5)24)18(23)26-19(2,3)4/h6-7,16,24H,8-11H2,1-5H3. The predicted molar refractivity (Wildman–Crippen MR) is 96.1 cm³/mol. The van der Waals surface area contributed by atoms with Crippen LogP contribution in [-0.4, -0.2) is 46.4 Å². The molecule has 0 saturated carbocycles. The van der Waals surface area contributed by atoms with E-state index in [-0.39, 0.29) is 24.6 Å². The van der Waals surface area contributed by atoms with E-state index in [9.17, 15) is 14.7 Å². The third-order valence-electron chi connectivity index (χ3n) is 5.28. The molecule has 6 nitrogen and oxygen atoms in total. The molecule has 1 aromatic rings. The van der Waals surface area contributed by atoms with Crippen LogP contribution in [0.3, 0.4) is 0 Å². The number of likely N-dealkylation sites (tertiary alicyclic amines) is 1. The summed E-state index contributed by atoms with van der Waals surface area (Å²) in [6.07, 6.45) is 0.0957. The van der Waals surface area contributed by atoms with E-state index in [2.05, 4.69) is 0 Å². The van der Waals surface area contributed by atoms with Gasteiger partial charge in [0.15, 0.2) is 0 Å². The average molecular weight is 361 g/mol. The van der Waals surface area contributed by atoms with Crippen LogP contribution >= 0.6 is 0 Å². The van der Waals surface area contributed by atoms with Crippen molar-refractivity contribution in [3.8, 4) is 0 Å². The molecule has 26 heavy (non-hydrogen) atoms. The van der Waals surface area contributed by atoms with Crippen molar-refractivity contribution in [1.29, 1.82) is 0 Å². The number of carbonyl (C=O) groups is 2. The Bertz CT molecular complexity index is 747. The number of cyclic esters (lactones) is 1. The van der Waals surface area contributed by atoms with E-state index >= 15 is 0 Å². The summed E-state index contributed by atoms with van der Waals surface area (Å²) in [6, 6.07) is 3.63. The van der Waals surface area contributed by atoms with Crippen LogP contribution in [0.2, 0.25) is 0 Å². The number of ether oxygens (including phenoxy) is 2. The number of hydrogen-bond donors (Lipinski definition) is 1. The molecule has 1 N–H and O–H groups in total. The molecule has 0 spiro atoms. The molecule has 0 bridgehead atoms. The molecule has 2 unspecified atom stereocenters. The van der Waals surface area contributed by atoms with Gasteiger partial charge in [0.2, 0.25) is 0 Å². The van der Waals surface area contributed by atoms with Crippen molar-refractivity contribution in [3.63, 3.8) is 0 Å². The van der Waals surface area contributed by atoms with Crippen LogP contribution in [0.15, 0.2) is 12.1 Å². The van der Waals surface area contributed by atoms with Gasteiger partial charge in [0.25, 0.3) is 0 Å². The molecule has 0 aromatic heterocycles. The van der Waals surface area contributed by atoms with Gasteiger partial charge in [0, 0.05) is 24.6 Å². The lowest BCUT2D eigenvalue weighted by Crippen LogP contribution is -2.51. The SMILES string of the molecule is Cc1c(C2CN(C(=O)OC(C)(C)C)CCC2(C)O)ccc2c1COC2=O. The van der Waals surface area contributed by atoms with Crippen molar-refractivity contribution < 1.29 is 24.2 Å². The molecule has 1 fully saturated rings. The largest absolute Gasteiger partial charge is 0.457 e. The maximum Gasteiger partial charge on any atom is 0.410 e. The van der Waals surface area contributed by atoms with Crippen molar-refractivity contribution in [1.82, 2.24) is 4.90 Å². The van der Waals surface area contributed by atoms with Gasteiger partial charge < -0.3 is 19.5 Å². The highest BCUT2D eigenvalue weighted by atomic mass is 16.6. The van der Waals surface area contributed by atoms with Crippen LogP contribution in [0.4, 0.5) is 4.79 Å². The van der Waals surface area contributed by atoms with Crippen molar-refractivity contribution in [3.05, 3.63) is 34.4 Å². The first kappa shape index (κ1) is 18.7. The Morgan fingerprint density at radius 2 is 2.08 bits per heavy atom. The maximum atomic E-state index is 12.5. The molecule has 1 saturated heterocycles. The first-order valence-electron chi connectivity index (χ1n) is 8.99. The van der Waals surface area contributed by atoms with Crippen LogP contribution in [0, 0.1) is 6.92 Å². The minimum absolute atomic E-state index is 0.259. The summed E-state index contributed by atoms with van der Waals surface area (Å²) in [4.78, 5) is 25.9. The molecule has 142 valence electrons. The van der Waals surface area contributed by atoms with Gasteiger partial charge in [-0.25, -0.2) is 9.59 Å². The van der Waals surface area contributed by atoms with Gasteiger partial charge >= 0.3 is 12.1 Å². The summed E-state index contributed by atoms with van der Waals surface area (Å²) in [5, 5.41) is 11.0. The van der Waals surface area contributed by atoms with E-state index in [1.165, 1.54) is 0 Å². The summed E-state index contributed by atoms with van der Waals surface area (Å²) >= 11 is 0. The van der Waals surface area contributed by atoms with E-state index in [0.717, 1.165) is 16.7 Å². The number of nitrogens with zero attached hydrogens (tertiary/aromatic N) is 1. The molecule has 1 aromatic carbocycles. The van der Waals surface area contributed by atoms with Crippen LogP contribution in [-0.2, 0) is 16.1 Å². The van der Waals surface area contributed by atoms with Gasteiger partial charge in [-0.15, -0.1) is 0 Å². The highest BCUT2D eigenvalue weighted by Crippen LogP contribution is 2.39. The number of fused-ring (bicyclic) bond motifs is 1. The smallest absolute Gasteiger partial charge is 0.410 e. The normalized spacial score (nSPS) is 25.7. The zero-order chi connectivity index (χ0) is 19.3. The number of rotatable bonds is 1. The van der Waals surface area contributed by atoms with Gasteiger partial charge in [-0.1, -0.05) is 6.07 Å². The molecule has 2 atom stereocenters.